The lowest BCUT2D eigenvalue weighted by Gasteiger charge is -2.08. The third kappa shape index (κ3) is 4.83. The molecule has 21 heavy (non-hydrogen) atoms. The van der Waals surface area contributed by atoms with Gasteiger partial charge in [-0.3, -0.25) is 10.1 Å². The van der Waals surface area contributed by atoms with Crippen molar-refractivity contribution in [3.63, 3.8) is 0 Å². The number of sulfone groups is 1. The molecule has 1 aromatic carbocycles. The summed E-state index contributed by atoms with van der Waals surface area (Å²) in [7, 11) is -3.26. The number of halogens is 1. The molecule has 0 radical (unpaired) electrons. The van der Waals surface area contributed by atoms with E-state index >= 15 is 0 Å². The lowest BCUT2D eigenvalue weighted by molar-refractivity contribution is -0.388. The molecule has 0 atom stereocenters. The standard InChI is InChI=1S/C10H12ClNO7S2/c1-2-19-8-4-3-5-9(10(8)12(13)14)20(15,16)6-7-21(11,17)18/h3-5H,2,6-7H2,1H3. The van der Waals surface area contributed by atoms with E-state index in [-0.39, 0.29) is 12.4 Å². The molecule has 1 rings (SSSR count). The van der Waals surface area contributed by atoms with E-state index in [1.54, 1.807) is 6.92 Å². The molecule has 0 aliphatic rings. The molecule has 0 aromatic heterocycles. The van der Waals surface area contributed by atoms with E-state index < -0.39 is 45.9 Å². The summed E-state index contributed by atoms with van der Waals surface area (Å²) in [5, 5.41) is 11.1. The lowest BCUT2D eigenvalue weighted by atomic mass is 10.3. The third-order valence-corrected chi connectivity index (χ3v) is 5.53. The fourth-order valence-electron chi connectivity index (χ4n) is 1.52. The molecule has 8 nitrogen and oxygen atoms in total. The summed E-state index contributed by atoms with van der Waals surface area (Å²) < 4.78 is 50.9. The van der Waals surface area contributed by atoms with Crippen LogP contribution in [-0.2, 0) is 18.9 Å². The largest absolute Gasteiger partial charge is 0.487 e. The van der Waals surface area contributed by atoms with E-state index in [1.165, 1.54) is 12.1 Å². The highest BCUT2D eigenvalue weighted by Gasteiger charge is 2.30. The molecule has 0 N–H and O–H groups in total. The van der Waals surface area contributed by atoms with Gasteiger partial charge in [-0.15, -0.1) is 0 Å². The topological polar surface area (TPSA) is 121 Å². The number of nitro benzene ring substituents is 1. The summed E-state index contributed by atoms with van der Waals surface area (Å²) in [6.45, 7) is 1.70. The Kier molecular flexibility index (Phi) is 5.54. The second-order valence-electron chi connectivity index (χ2n) is 3.85. The highest BCUT2D eigenvalue weighted by molar-refractivity contribution is 8.14. The third-order valence-electron chi connectivity index (χ3n) is 2.38. The highest BCUT2D eigenvalue weighted by atomic mass is 35.7. The summed E-state index contributed by atoms with van der Waals surface area (Å²) in [6.07, 6.45) is 0. The fraction of sp³-hybridized carbons (Fsp3) is 0.400. The van der Waals surface area contributed by atoms with Gasteiger partial charge in [0.2, 0.25) is 9.05 Å². The van der Waals surface area contributed by atoms with Crippen molar-refractivity contribution in [1.29, 1.82) is 0 Å². The van der Waals surface area contributed by atoms with Gasteiger partial charge in [0.15, 0.2) is 15.6 Å². The van der Waals surface area contributed by atoms with Crippen LogP contribution in [0.3, 0.4) is 0 Å². The van der Waals surface area contributed by atoms with Gasteiger partial charge in [0.05, 0.1) is 23.0 Å². The van der Waals surface area contributed by atoms with Crippen LogP contribution in [0.2, 0.25) is 0 Å². The van der Waals surface area contributed by atoms with Crippen LogP contribution in [-0.4, -0.2) is 39.9 Å². The maximum absolute atomic E-state index is 12.1. The Morgan fingerprint density at radius 3 is 2.33 bits per heavy atom. The minimum absolute atomic E-state index is 0.112. The van der Waals surface area contributed by atoms with Gasteiger partial charge in [-0.25, -0.2) is 16.8 Å². The predicted octanol–water partition coefficient (Wildman–Crippen LogP) is 1.34. The second kappa shape index (κ2) is 6.58. The van der Waals surface area contributed by atoms with E-state index in [0.717, 1.165) is 6.07 Å². The summed E-state index contributed by atoms with van der Waals surface area (Å²) in [6, 6.07) is 3.57. The van der Waals surface area contributed by atoms with E-state index in [4.69, 9.17) is 15.4 Å². The lowest BCUT2D eigenvalue weighted by Crippen LogP contribution is -2.16. The first-order valence-corrected chi connectivity index (χ1v) is 9.77. The molecular formula is C10H12ClNO7S2. The first-order chi connectivity index (χ1) is 9.58. The quantitative estimate of drug-likeness (QED) is 0.410. The zero-order valence-corrected chi connectivity index (χ0v) is 13.2. The Bertz CT molecular complexity index is 743. The molecule has 0 aliphatic heterocycles. The van der Waals surface area contributed by atoms with Gasteiger partial charge in [0, 0.05) is 10.7 Å². The Hall–Kier alpha value is -1.39. The molecule has 0 bridgehead atoms. The molecule has 0 fully saturated rings. The van der Waals surface area contributed by atoms with Gasteiger partial charge in [0.25, 0.3) is 0 Å². The van der Waals surface area contributed by atoms with Gasteiger partial charge >= 0.3 is 5.69 Å². The molecular weight excluding hydrogens is 346 g/mol. The Labute approximate surface area is 126 Å². The maximum atomic E-state index is 12.1. The van der Waals surface area contributed by atoms with Gasteiger partial charge in [-0.1, -0.05) is 6.07 Å². The van der Waals surface area contributed by atoms with Crippen LogP contribution in [0.15, 0.2) is 23.1 Å². The van der Waals surface area contributed by atoms with Crippen molar-refractivity contribution in [3.05, 3.63) is 28.3 Å². The molecule has 1 aromatic rings. The van der Waals surface area contributed by atoms with Gasteiger partial charge < -0.3 is 4.74 Å². The normalized spacial score (nSPS) is 12.1. The van der Waals surface area contributed by atoms with Gasteiger partial charge in [-0.05, 0) is 19.1 Å². The van der Waals surface area contributed by atoms with Crippen molar-refractivity contribution in [2.24, 2.45) is 0 Å². The van der Waals surface area contributed by atoms with E-state index in [9.17, 15) is 26.9 Å². The number of ether oxygens (including phenoxy) is 1. The van der Waals surface area contributed by atoms with Crippen LogP contribution in [0.1, 0.15) is 6.92 Å². The summed E-state index contributed by atoms with van der Waals surface area (Å²) in [5.74, 6) is -1.89. The van der Waals surface area contributed by atoms with E-state index in [2.05, 4.69) is 0 Å². The minimum atomic E-state index is -4.20. The Morgan fingerprint density at radius 1 is 1.24 bits per heavy atom. The van der Waals surface area contributed by atoms with Crippen molar-refractivity contribution >= 4 is 35.3 Å². The van der Waals surface area contributed by atoms with Crippen LogP contribution in [0, 0.1) is 10.1 Å². The van der Waals surface area contributed by atoms with Gasteiger partial charge in [-0.2, -0.15) is 0 Å². The van der Waals surface area contributed by atoms with Crippen molar-refractivity contribution < 1.29 is 26.5 Å². The second-order valence-corrected chi connectivity index (χ2v) is 8.83. The minimum Gasteiger partial charge on any atom is -0.487 e. The summed E-state index contributed by atoms with van der Waals surface area (Å²) in [5.41, 5.74) is -0.716. The number of rotatable bonds is 7. The summed E-state index contributed by atoms with van der Waals surface area (Å²) in [4.78, 5) is 9.60. The van der Waals surface area contributed by atoms with E-state index in [0.29, 0.717) is 0 Å². The van der Waals surface area contributed by atoms with E-state index in [1.807, 2.05) is 0 Å². The van der Waals surface area contributed by atoms with Crippen molar-refractivity contribution in [1.82, 2.24) is 0 Å². The van der Waals surface area contributed by atoms with Crippen LogP contribution in [0.25, 0.3) is 0 Å². The Morgan fingerprint density at radius 2 is 1.86 bits per heavy atom. The zero-order valence-electron chi connectivity index (χ0n) is 10.9. The van der Waals surface area contributed by atoms with Crippen molar-refractivity contribution in [2.75, 3.05) is 18.1 Å². The fourth-order valence-corrected chi connectivity index (χ4v) is 4.74. The number of nitrogens with zero attached hydrogens (tertiary/aromatic N) is 1. The highest BCUT2D eigenvalue weighted by Crippen LogP contribution is 2.34. The summed E-state index contributed by atoms with van der Waals surface area (Å²) >= 11 is 0. The molecule has 0 saturated carbocycles. The number of hydrogen-bond donors (Lipinski definition) is 0. The molecule has 0 unspecified atom stereocenters. The molecule has 0 spiro atoms. The molecule has 0 heterocycles. The molecule has 0 amide bonds. The first kappa shape index (κ1) is 17.7. The SMILES string of the molecule is CCOc1cccc(S(=O)(=O)CCS(=O)(=O)Cl)c1[N+](=O)[O-]. The molecule has 118 valence electrons. The Balaban J connectivity index is 3.35. The van der Waals surface area contributed by atoms with Crippen molar-refractivity contribution in [3.8, 4) is 5.75 Å². The van der Waals surface area contributed by atoms with Gasteiger partial charge in [0.1, 0.15) is 4.90 Å². The average Bonchev–Trinajstić information content (AvgIpc) is 2.35. The predicted molar refractivity (Wildman–Crippen MR) is 76.0 cm³/mol. The molecule has 0 aliphatic carbocycles. The number of nitro groups is 1. The average molecular weight is 358 g/mol. The van der Waals surface area contributed by atoms with Crippen LogP contribution in [0.4, 0.5) is 5.69 Å². The number of para-hydroxylation sites is 1. The molecule has 0 saturated heterocycles. The van der Waals surface area contributed by atoms with Crippen LogP contribution < -0.4 is 4.74 Å². The number of benzene rings is 1. The van der Waals surface area contributed by atoms with Crippen LogP contribution >= 0.6 is 10.7 Å². The van der Waals surface area contributed by atoms with Crippen LogP contribution in [0.5, 0.6) is 5.75 Å². The number of hydrogen-bond acceptors (Lipinski definition) is 7. The smallest absolute Gasteiger partial charge is 0.329 e. The maximum Gasteiger partial charge on any atom is 0.329 e. The molecule has 11 heteroatoms. The monoisotopic (exact) mass is 357 g/mol. The first-order valence-electron chi connectivity index (χ1n) is 5.64. The zero-order chi connectivity index (χ0) is 16.3. The van der Waals surface area contributed by atoms with Crippen molar-refractivity contribution in [2.45, 2.75) is 11.8 Å².